The molecule has 8 heteroatoms. The van der Waals surface area contributed by atoms with Gasteiger partial charge in [0.15, 0.2) is 0 Å². The van der Waals surface area contributed by atoms with Gasteiger partial charge in [-0.3, -0.25) is 10.1 Å². The van der Waals surface area contributed by atoms with Gasteiger partial charge in [0.25, 0.3) is 5.69 Å². The summed E-state index contributed by atoms with van der Waals surface area (Å²) in [6, 6.07) is 2.10. The molecule has 1 N–H and O–H groups in total. The fourth-order valence-corrected chi connectivity index (χ4v) is 1.95. The lowest BCUT2D eigenvalue weighted by Crippen LogP contribution is -2.13. The normalized spacial score (nSPS) is 9.89. The van der Waals surface area contributed by atoms with Crippen molar-refractivity contribution in [3.05, 3.63) is 37.8 Å². The zero-order valence-electron chi connectivity index (χ0n) is 9.18. The maximum atomic E-state index is 11.5. The van der Waals surface area contributed by atoms with Crippen LogP contribution in [0.1, 0.15) is 27.6 Å². The Balaban J connectivity index is 3.46. The van der Waals surface area contributed by atoms with Crippen LogP contribution >= 0.6 is 15.9 Å². The van der Waals surface area contributed by atoms with Crippen molar-refractivity contribution in [3.63, 3.8) is 0 Å². The number of carboxylic acid groups (broad SMARTS) is 1. The summed E-state index contributed by atoms with van der Waals surface area (Å²) in [5, 5.41) is 19.7. The fraction of sp³-hybridized carbons (Fsp3) is 0.200. The smallest absolute Gasteiger partial charge is 0.339 e. The number of carboxylic acids is 1. The van der Waals surface area contributed by atoms with Crippen molar-refractivity contribution < 1.29 is 24.4 Å². The van der Waals surface area contributed by atoms with Gasteiger partial charge in [0.2, 0.25) is 0 Å². The number of hydrogen-bond acceptors (Lipinski definition) is 5. The lowest BCUT2D eigenvalue weighted by Gasteiger charge is -2.07. The molecule has 0 aliphatic rings. The molecule has 0 spiro atoms. The third-order valence-electron chi connectivity index (χ3n) is 2.03. The monoisotopic (exact) mass is 317 g/mol. The average Bonchev–Trinajstić information content (AvgIpc) is 2.27. The van der Waals surface area contributed by atoms with E-state index in [-0.39, 0.29) is 16.6 Å². The molecule has 0 bridgehead atoms. The summed E-state index contributed by atoms with van der Waals surface area (Å²) in [4.78, 5) is 32.5. The number of esters is 1. The van der Waals surface area contributed by atoms with Gasteiger partial charge >= 0.3 is 11.9 Å². The molecule has 0 aliphatic carbocycles. The Kier molecular flexibility index (Phi) is 4.38. The second-order valence-corrected chi connectivity index (χ2v) is 3.90. The molecule has 0 amide bonds. The number of hydrogen-bond donors (Lipinski definition) is 1. The number of nitro groups is 1. The van der Waals surface area contributed by atoms with E-state index in [1.807, 2.05) is 0 Å². The molecule has 96 valence electrons. The van der Waals surface area contributed by atoms with Crippen LogP contribution in [0.4, 0.5) is 5.69 Å². The third-order valence-corrected chi connectivity index (χ3v) is 2.83. The van der Waals surface area contributed by atoms with Crippen LogP contribution in [0.5, 0.6) is 0 Å². The summed E-state index contributed by atoms with van der Waals surface area (Å²) >= 11 is 2.82. The summed E-state index contributed by atoms with van der Waals surface area (Å²) in [5.41, 5.74) is -1.15. The number of carbonyl (C=O) groups is 2. The second kappa shape index (κ2) is 5.58. The number of halogens is 1. The predicted octanol–water partition coefficient (Wildman–Crippen LogP) is 2.23. The number of carbonyl (C=O) groups excluding carboxylic acids is 1. The Bertz CT molecular complexity index is 527. The molecule has 0 aliphatic heterocycles. The minimum Gasteiger partial charge on any atom is -0.478 e. The summed E-state index contributed by atoms with van der Waals surface area (Å²) in [6.07, 6.45) is 0. The molecule has 7 nitrogen and oxygen atoms in total. The van der Waals surface area contributed by atoms with Crippen molar-refractivity contribution in [2.45, 2.75) is 6.92 Å². The molecule has 0 fully saturated rings. The molecular formula is C10H8BrNO6. The average molecular weight is 318 g/mol. The molecule has 0 saturated heterocycles. The Morgan fingerprint density at radius 1 is 1.50 bits per heavy atom. The Morgan fingerprint density at radius 2 is 2.11 bits per heavy atom. The van der Waals surface area contributed by atoms with Gasteiger partial charge in [-0.2, -0.15) is 0 Å². The lowest BCUT2D eigenvalue weighted by atomic mass is 10.1. The highest BCUT2D eigenvalue weighted by Crippen LogP contribution is 2.31. The SMILES string of the molecule is CCOC(=O)c1ccc([N+](=O)[O-])c(Br)c1C(=O)O. The maximum Gasteiger partial charge on any atom is 0.339 e. The first-order chi connectivity index (χ1) is 8.40. The van der Waals surface area contributed by atoms with Gasteiger partial charge in [0.05, 0.1) is 22.7 Å². The van der Waals surface area contributed by atoms with Gasteiger partial charge in [-0.1, -0.05) is 0 Å². The number of nitrogens with zero attached hydrogens (tertiary/aromatic N) is 1. The standard InChI is InChI=1S/C10H8BrNO6/c1-2-18-10(15)5-3-4-6(12(16)17)8(11)7(5)9(13)14/h3-4H,2H2,1H3,(H,13,14). The third kappa shape index (κ3) is 2.65. The van der Waals surface area contributed by atoms with E-state index in [9.17, 15) is 19.7 Å². The van der Waals surface area contributed by atoms with E-state index in [4.69, 9.17) is 5.11 Å². The van der Waals surface area contributed by atoms with Crippen LogP contribution in [0.3, 0.4) is 0 Å². The molecule has 0 atom stereocenters. The summed E-state index contributed by atoms with van der Waals surface area (Å²) in [7, 11) is 0. The predicted molar refractivity (Wildman–Crippen MR) is 63.7 cm³/mol. The first kappa shape index (κ1) is 14.1. The van der Waals surface area contributed by atoms with Crippen molar-refractivity contribution in [2.75, 3.05) is 6.61 Å². The van der Waals surface area contributed by atoms with Crippen molar-refractivity contribution in [2.24, 2.45) is 0 Å². The summed E-state index contributed by atoms with van der Waals surface area (Å²) in [5.74, 6) is -2.29. The van der Waals surface area contributed by atoms with E-state index < -0.39 is 28.1 Å². The van der Waals surface area contributed by atoms with Crippen LogP contribution in [0, 0.1) is 10.1 Å². The minimum absolute atomic E-state index is 0.0759. The largest absolute Gasteiger partial charge is 0.478 e. The van der Waals surface area contributed by atoms with E-state index in [2.05, 4.69) is 20.7 Å². The molecule has 0 unspecified atom stereocenters. The molecule has 18 heavy (non-hydrogen) atoms. The molecular weight excluding hydrogens is 310 g/mol. The number of rotatable bonds is 4. The number of nitro benzene ring substituents is 1. The van der Waals surface area contributed by atoms with Crippen molar-refractivity contribution in [3.8, 4) is 0 Å². The molecule has 1 aromatic carbocycles. The lowest BCUT2D eigenvalue weighted by molar-refractivity contribution is -0.385. The molecule has 0 saturated carbocycles. The van der Waals surface area contributed by atoms with E-state index in [0.29, 0.717) is 0 Å². The molecule has 0 aromatic heterocycles. The van der Waals surface area contributed by atoms with Crippen molar-refractivity contribution in [1.82, 2.24) is 0 Å². The maximum absolute atomic E-state index is 11.5. The van der Waals surface area contributed by atoms with Crippen LogP contribution in [-0.4, -0.2) is 28.6 Å². The van der Waals surface area contributed by atoms with E-state index >= 15 is 0 Å². The molecule has 1 aromatic rings. The first-order valence-electron chi connectivity index (χ1n) is 4.77. The molecule has 0 heterocycles. The van der Waals surface area contributed by atoms with Gasteiger partial charge in [-0.05, 0) is 28.9 Å². The highest BCUT2D eigenvalue weighted by Gasteiger charge is 2.27. The van der Waals surface area contributed by atoms with Gasteiger partial charge in [0.1, 0.15) is 4.47 Å². The summed E-state index contributed by atoms with van der Waals surface area (Å²) in [6.45, 7) is 1.64. The highest BCUT2D eigenvalue weighted by atomic mass is 79.9. The Labute approximate surface area is 110 Å². The summed E-state index contributed by atoms with van der Waals surface area (Å²) < 4.78 is 4.42. The van der Waals surface area contributed by atoms with Crippen LogP contribution in [0.2, 0.25) is 0 Å². The zero-order chi connectivity index (χ0) is 13.9. The molecule has 1 rings (SSSR count). The topological polar surface area (TPSA) is 107 Å². The van der Waals surface area contributed by atoms with Crippen molar-refractivity contribution in [1.29, 1.82) is 0 Å². The molecule has 0 radical (unpaired) electrons. The van der Waals surface area contributed by atoms with Crippen LogP contribution < -0.4 is 0 Å². The fourth-order valence-electron chi connectivity index (χ4n) is 1.29. The van der Waals surface area contributed by atoms with Crippen LogP contribution in [0.15, 0.2) is 16.6 Å². The van der Waals surface area contributed by atoms with E-state index in [1.165, 1.54) is 0 Å². The Hall–Kier alpha value is -1.96. The van der Waals surface area contributed by atoms with Crippen molar-refractivity contribution >= 4 is 33.6 Å². The van der Waals surface area contributed by atoms with E-state index in [0.717, 1.165) is 12.1 Å². The zero-order valence-corrected chi connectivity index (χ0v) is 10.8. The number of aromatic carboxylic acids is 1. The Morgan fingerprint density at radius 3 is 2.56 bits per heavy atom. The quantitative estimate of drug-likeness (QED) is 0.518. The number of benzene rings is 1. The van der Waals surface area contributed by atoms with Gasteiger partial charge in [-0.15, -0.1) is 0 Å². The first-order valence-corrected chi connectivity index (χ1v) is 5.56. The highest BCUT2D eigenvalue weighted by molar-refractivity contribution is 9.10. The number of ether oxygens (including phenoxy) is 1. The van der Waals surface area contributed by atoms with Gasteiger partial charge in [0, 0.05) is 6.07 Å². The van der Waals surface area contributed by atoms with Gasteiger partial charge < -0.3 is 9.84 Å². The van der Waals surface area contributed by atoms with Gasteiger partial charge in [-0.25, -0.2) is 9.59 Å². The van der Waals surface area contributed by atoms with Crippen LogP contribution in [-0.2, 0) is 4.74 Å². The van der Waals surface area contributed by atoms with Crippen LogP contribution in [0.25, 0.3) is 0 Å². The van der Waals surface area contributed by atoms with E-state index in [1.54, 1.807) is 6.92 Å². The second-order valence-electron chi connectivity index (χ2n) is 3.10. The minimum atomic E-state index is -1.45.